The summed E-state index contributed by atoms with van der Waals surface area (Å²) in [5, 5.41) is 11.1. The van der Waals surface area contributed by atoms with Gasteiger partial charge in [0.05, 0.1) is 4.92 Å². The number of halogens is 1. The number of nitrogens with zero attached hydrogens (tertiary/aromatic N) is 2. The van der Waals surface area contributed by atoms with Gasteiger partial charge in [-0.15, -0.1) is 0 Å². The number of rotatable bonds is 4. The van der Waals surface area contributed by atoms with Gasteiger partial charge in [0, 0.05) is 23.6 Å². The fourth-order valence-electron chi connectivity index (χ4n) is 2.66. The van der Waals surface area contributed by atoms with Crippen molar-refractivity contribution in [3.63, 3.8) is 0 Å². The second-order valence-electron chi connectivity index (χ2n) is 4.92. The Hall–Kier alpha value is -1.14. The Kier molecular flexibility index (Phi) is 4.76. The highest BCUT2D eigenvalue weighted by atomic mass is 79.9. The lowest BCUT2D eigenvalue weighted by atomic mass is 9.94. The average Bonchev–Trinajstić information content (AvgIpc) is 2.39. The largest absolute Gasteiger partial charge is 0.366 e. The van der Waals surface area contributed by atoms with Gasteiger partial charge in [-0.1, -0.05) is 15.9 Å². The van der Waals surface area contributed by atoms with Crippen molar-refractivity contribution in [3.8, 4) is 0 Å². The Morgan fingerprint density at radius 2 is 2.32 bits per heavy atom. The van der Waals surface area contributed by atoms with Crippen molar-refractivity contribution in [3.05, 3.63) is 32.8 Å². The predicted octanol–water partition coefficient (Wildman–Crippen LogP) is 2.92. The zero-order valence-electron chi connectivity index (χ0n) is 10.7. The number of hydrogen-bond donors (Lipinski definition) is 1. The van der Waals surface area contributed by atoms with Crippen LogP contribution in [0.2, 0.25) is 0 Å². The number of benzene rings is 1. The van der Waals surface area contributed by atoms with Gasteiger partial charge in [0.1, 0.15) is 5.69 Å². The van der Waals surface area contributed by atoms with Gasteiger partial charge >= 0.3 is 0 Å². The molecule has 0 spiro atoms. The standard InChI is InChI=1S/C13H18BrN3O2/c14-11-3-4-12(17(18)19)13(8-11)16-7-1-2-10(9-16)5-6-15/h3-4,8,10H,1-2,5-7,9,15H2. The van der Waals surface area contributed by atoms with Crippen molar-refractivity contribution in [2.24, 2.45) is 11.7 Å². The predicted molar refractivity (Wildman–Crippen MR) is 79.4 cm³/mol. The van der Waals surface area contributed by atoms with Crippen LogP contribution in [0.4, 0.5) is 11.4 Å². The van der Waals surface area contributed by atoms with E-state index in [-0.39, 0.29) is 10.6 Å². The first-order chi connectivity index (χ1) is 9.11. The van der Waals surface area contributed by atoms with Crippen LogP contribution in [0.1, 0.15) is 19.3 Å². The molecule has 6 heteroatoms. The minimum Gasteiger partial charge on any atom is -0.366 e. The van der Waals surface area contributed by atoms with E-state index >= 15 is 0 Å². The third-order valence-corrected chi connectivity index (χ3v) is 4.06. The maximum absolute atomic E-state index is 11.1. The molecule has 1 fully saturated rings. The number of piperidine rings is 1. The van der Waals surface area contributed by atoms with Crippen LogP contribution >= 0.6 is 15.9 Å². The van der Waals surface area contributed by atoms with Crippen molar-refractivity contribution < 1.29 is 4.92 Å². The van der Waals surface area contributed by atoms with Gasteiger partial charge in [-0.2, -0.15) is 0 Å². The summed E-state index contributed by atoms with van der Waals surface area (Å²) in [6, 6.07) is 5.11. The van der Waals surface area contributed by atoms with E-state index in [2.05, 4.69) is 20.8 Å². The summed E-state index contributed by atoms with van der Waals surface area (Å²) >= 11 is 3.39. The molecule has 1 saturated heterocycles. The summed E-state index contributed by atoms with van der Waals surface area (Å²) in [6.45, 7) is 2.41. The first kappa shape index (κ1) is 14.3. The highest BCUT2D eigenvalue weighted by molar-refractivity contribution is 9.10. The average molecular weight is 328 g/mol. The Morgan fingerprint density at radius 1 is 1.53 bits per heavy atom. The Bertz CT molecular complexity index is 465. The molecular formula is C13H18BrN3O2. The first-order valence-electron chi connectivity index (χ1n) is 6.50. The van der Waals surface area contributed by atoms with Crippen LogP contribution in [0.5, 0.6) is 0 Å². The van der Waals surface area contributed by atoms with Crippen LogP contribution in [-0.4, -0.2) is 24.6 Å². The Morgan fingerprint density at radius 3 is 3.00 bits per heavy atom. The zero-order valence-corrected chi connectivity index (χ0v) is 12.3. The van der Waals surface area contributed by atoms with Gasteiger partial charge in [0.15, 0.2) is 0 Å². The van der Waals surface area contributed by atoms with E-state index in [0.29, 0.717) is 18.2 Å². The van der Waals surface area contributed by atoms with E-state index < -0.39 is 0 Å². The third kappa shape index (κ3) is 3.45. The summed E-state index contributed by atoms with van der Waals surface area (Å²) in [5.41, 5.74) is 6.50. The van der Waals surface area contributed by atoms with Crippen LogP contribution < -0.4 is 10.6 Å². The van der Waals surface area contributed by atoms with E-state index in [1.807, 2.05) is 6.07 Å². The fraction of sp³-hybridized carbons (Fsp3) is 0.538. The molecule has 0 bridgehead atoms. The van der Waals surface area contributed by atoms with Crippen LogP contribution in [0.3, 0.4) is 0 Å². The Balaban J connectivity index is 2.24. The topological polar surface area (TPSA) is 72.4 Å². The second kappa shape index (κ2) is 6.34. The number of nitro groups is 1. The Labute approximate surface area is 121 Å². The number of anilines is 1. The van der Waals surface area contributed by atoms with Gasteiger partial charge < -0.3 is 10.6 Å². The maximum Gasteiger partial charge on any atom is 0.292 e. The summed E-state index contributed by atoms with van der Waals surface area (Å²) in [5.74, 6) is 0.539. The van der Waals surface area contributed by atoms with Gasteiger partial charge in [-0.25, -0.2) is 0 Å². The van der Waals surface area contributed by atoms with E-state index in [1.165, 1.54) is 0 Å². The summed E-state index contributed by atoms with van der Waals surface area (Å²) in [7, 11) is 0. The summed E-state index contributed by atoms with van der Waals surface area (Å²) < 4.78 is 0.869. The fourth-order valence-corrected chi connectivity index (χ4v) is 3.01. The molecule has 1 unspecified atom stereocenters. The van der Waals surface area contributed by atoms with Gasteiger partial charge in [-0.3, -0.25) is 10.1 Å². The molecule has 0 aliphatic carbocycles. The molecule has 0 saturated carbocycles. The molecule has 19 heavy (non-hydrogen) atoms. The van der Waals surface area contributed by atoms with Crippen LogP contribution in [-0.2, 0) is 0 Å². The van der Waals surface area contributed by atoms with Crippen LogP contribution in [0.15, 0.2) is 22.7 Å². The smallest absolute Gasteiger partial charge is 0.292 e. The lowest BCUT2D eigenvalue weighted by Crippen LogP contribution is -2.36. The van der Waals surface area contributed by atoms with E-state index in [4.69, 9.17) is 5.73 Å². The molecule has 1 aromatic rings. The monoisotopic (exact) mass is 327 g/mol. The SMILES string of the molecule is NCCC1CCCN(c2cc(Br)ccc2[N+](=O)[O-])C1. The molecule has 0 amide bonds. The molecule has 1 aliphatic heterocycles. The molecule has 2 rings (SSSR count). The number of nitro benzene ring substituents is 1. The number of hydrogen-bond acceptors (Lipinski definition) is 4. The molecule has 1 heterocycles. The zero-order chi connectivity index (χ0) is 13.8. The first-order valence-corrected chi connectivity index (χ1v) is 7.30. The van der Waals surface area contributed by atoms with Gasteiger partial charge in [0.25, 0.3) is 5.69 Å². The molecule has 0 radical (unpaired) electrons. The van der Waals surface area contributed by atoms with E-state index in [1.54, 1.807) is 12.1 Å². The molecule has 1 aromatic carbocycles. The third-order valence-electron chi connectivity index (χ3n) is 3.57. The van der Waals surface area contributed by atoms with Crippen molar-refractivity contribution in [1.29, 1.82) is 0 Å². The molecular weight excluding hydrogens is 310 g/mol. The molecule has 1 aliphatic rings. The minimum absolute atomic E-state index is 0.177. The highest BCUT2D eigenvalue weighted by Gasteiger charge is 2.25. The maximum atomic E-state index is 11.1. The van der Waals surface area contributed by atoms with Crippen molar-refractivity contribution in [2.45, 2.75) is 19.3 Å². The molecule has 2 N–H and O–H groups in total. The normalized spacial score (nSPS) is 19.5. The van der Waals surface area contributed by atoms with E-state index in [9.17, 15) is 10.1 Å². The van der Waals surface area contributed by atoms with Crippen LogP contribution in [0.25, 0.3) is 0 Å². The second-order valence-corrected chi connectivity index (χ2v) is 5.84. The minimum atomic E-state index is -0.311. The number of nitrogens with two attached hydrogens (primary N) is 1. The molecule has 5 nitrogen and oxygen atoms in total. The lowest BCUT2D eigenvalue weighted by molar-refractivity contribution is -0.384. The van der Waals surface area contributed by atoms with Gasteiger partial charge in [-0.05, 0) is 43.9 Å². The highest BCUT2D eigenvalue weighted by Crippen LogP contribution is 2.34. The van der Waals surface area contributed by atoms with E-state index in [0.717, 1.165) is 36.8 Å². The quantitative estimate of drug-likeness (QED) is 0.681. The summed E-state index contributed by atoms with van der Waals surface area (Å²) in [4.78, 5) is 12.9. The van der Waals surface area contributed by atoms with Crippen molar-refractivity contribution >= 4 is 27.3 Å². The molecule has 104 valence electrons. The van der Waals surface area contributed by atoms with Crippen molar-refractivity contribution in [2.75, 3.05) is 24.5 Å². The van der Waals surface area contributed by atoms with Gasteiger partial charge in [0.2, 0.25) is 0 Å². The van der Waals surface area contributed by atoms with Crippen LogP contribution in [0, 0.1) is 16.0 Å². The molecule has 1 atom stereocenters. The molecule has 0 aromatic heterocycles. The van der Waals surface area contributed by atoms with Crippen molar-refractivity contribution in [1.82, 2.24) is 0 Å². The summed E-state index contributed by atoms with van der Waals surface area (Å²) in [6.07, 6.45) is 3.21. The lowest BCUT2D eigenvalue weighted by Gasteiger charge is -2.34.